The molecule has 3 unspecified atom stereocenters. The number of methoxy groups -OCH3 is 1. The third-order valence-electron chi connectivity index (χ3n) is 3.39. The van der Waals surface area contributed by atoms with E-state index in [-0.39, 0.29) is 0 Å². The molecule has 1 heterocycles. The molecule has 16 heavy (non-hydrogen) atoms. The Balaban J connectivity index is 2.25. The molecular weight excluding hydrogens is 202 g/mol. The molecular formula is C12H19N3O. The Morgan fingerprint density at radius 1 is 1.25 bits per heavy atom. The van der Waals surface area contributed by atoms with Gasteiger partial charge in [-0.3, -0.25) is 5.43 Å². The number of nitrogens with two attached hydrogens (primary N) is 1. The summed E-state index contributed by atoms with van der Waals surface area (Å²) >= 11 is 0. The van der Waals surface area contributed by atoms with Crippen LogP contribution in [0, 0.1) is 5.92 Å². The molecule has 88 valence electrons. The fourth-order valence-corrected chi connectivity index (χ4v) is 2.11. The van der Waals surface area contributed by atoms with Gasteiger partial charge in [0.2, 0.25) is 0 Å². The predicted octanol–water partition coefficient (Wildman–Crippen LogP) is 1.45. The highest BCUT2D eigenvalue weighted by atomic mass is 16.5. The number of rotatable bonds is 2. The van der Waals surface area contributed by atoms with Gasteiger partial charge in [-0.15, -0.1) is 0 Å². The normalized spacial score (nSPS) is 29.3. The lowest BCUT2D eigenvalue weighted by Gasteiger charge is -2.17. The Morgan fingerprint density at radius 2 is 2.00 bits per heavy atom. The van der Waals surface area contributed by atoms with Crippen LogP contribution in [0.4, 0.5) is 5.69 Å². The largest absolute Gasteiger partial charge is 0.495 e. The molecule has 3 atom stereocenters. The van der Waals surface area contributed by atoms with E-state index >= 15 is 0 Å². The monoisotopic (exact) mass is 221 g/mol. The number of anilines is 1. The van der Waals surface area contributed by atoms with Crippen molar-refractivity contribution < 1.29 is 4.74 Å². The van der Waals surface area contributed by atoms with Gasteiger partial charge in [0.05, 0.1) is 18.8 Å². The zero-order valence-electron chi connectivity index (χ0n) is 9.95. The van der Waals surface area contributed by atoms with E-state index in [1.807, 2.05) is 12.1 Å². The lowest BCUT2D eigenvalue weighted by atomic mass is 9.92. The van der Waals surface area contributed by atoms with E-state index in [1.165, 1.54) is 5.56 Å². The number of hydrazine groups is 1. The van der Waals surface area contributed by atoms with Crippen LogP contribution < -0.4 is 21.3 Å². The van der Waals surface area contributed by atoms with Crippen LogP contribution in [0.1, 0.15) is 25.5 Å². The Labute approximate surface area is 96.1 Å². The second kappa shape index (κ2) is 4.31. The molecule has 1 saturated heterocycles. The Hall–Kier alpha value is -1.26. The number of nitrogens with one attached hydrogen (secondary N) is 2. The molecule has 1 aromatic rings. The van der Waals surface area contributed by atoms with E-state index in [2.05, 4.69) is 30.8 Å². The molecule has 0 saturated carbocycles. The van der Waals surface area contributed by atoms with Crippen molar-refractivity contribution in [2.45, 2.75) is 25.9 Å². The molecule has 1 fully saturated rings. The maximum Gasteiger partial charge on any atom is 0.141 e. The van der Waals surface area contributed by atoms with Gasteiger partial charge in [0.15, 0.2) is 0 Å². The molecule has 0 radical (unpaired) electrons. The first-order valence-electron chi connectivity index (χ1n) is 5.58. The second-order valence-electron chi connectivity index (χ2n) is 4.42. The summed E-state index contributed by atoms with van der Waals surface area (Å²) in [6.07, 6.45) is 0. The fourth-order valence-electron chi connectivity index (χ4n) is 2.11. The summed E-state index contributed by atoms with van der Waals surface area (Å²) in [5, 5.41) is 0. The Morgan fingerprint density at radius 3 is 2.50 bits per heavy atom. The third kappa shape index (κ3) is 1.86. The first-order valence-corrected chi connectivity index (χ1v) is 5.58. The van der Waals surface area contributed by atoms with Crippen LogP contribution >= 0.6 is 0 Å². The maximum absolute atomic E-state index is 5.91. The standard InChI is InChI=1S/C12H19N3O/c1-7-8(2)14-15-12(7)9-4-5-11(16-3)10(13)6-9/h4-8,12,14-15H,13H2,1-3H3. The van der Waals surface area contributed by atoms with Crippen LogP contribution in [0.5, 0.6) is 5.75 Å². The summed E-state index contributed by atoms with van der Waals surface area (Å²) in [6, 6.07) is 6.73. The third-order valence-corrected chi connectivity index (χ3v) is 3.39. The molecule has 4 N–H and O–H groups in total. The summed E-state index contributed by atoms with van der Waals surface area (Å²) in [7, 11) is 1.63. The van der Waals surface area contributed by atoms with Gasteiger partial charge in [-0.2, -0.15) is 0 Å². The minimum absolute atomic E-state index is 0.309. The predicted molar refractivity (Wildman–Crippen MR) is 65.0 cm³/mol. The quantitative estimate of drug-likeness (QED) is 0.662. The number of hydrogen-bond donors (Lipinski definition) is 3. The van der Waals surface area contributed by atoms with Crippen molar-refractivity contribution in [3.8, 4) is 5.75 Å². The summed E-state index contributed by atoms with van der Waals surface area (Å²) in [4.78, 5) is 0. The van der Waals surface area contributed by atoms with Gasteiger partial charge in [-0.05, 0) is 30.5 Å². The van der Waals surface area contributed by atoms with Crippen molar-refractivity contribution in [3.63, 3.8) is 0 Å². The topological polar surface area (TPSA) is 59.3 Å². The minimum Gasteiger partial charge on any atom is -0.495 e. The lowest BCUT2D eigenvalue weighted by molar-refractivity contribution is 0.416. The highest BCUT2D eigenvalue weighted by Crippen LogP contribution is 2.31. The minimum atomic E-state index is 0.309. The average molecular weight is 221 g/mol. The molecule has 0 aromatic heterocycles. The summed E-state index contributed by atoms with van der Waals surface area (Å²) in [5.74, 6) is 1.27. The molecule has 1 aromatic carbocycles. The van der Waals surface area contributed by atoms with E-state index in [1.54, 1.807) is 7.11 Å². The Bertz CT molecular complexity index is 381. The number of benzene rings is 1. The van der Waals surface area contributed by atoms with Crippen molar-refractivity contribution in [2.75, 3.05) is 12.8 Å². The van der Waals surface area contributed by atoms with E-state index in [4.69, 9.17) is 10.5 Å². The van der Waals surface area contributed by atoms with Crippen molar-refractivity contribution in [2.24, 2.45) is 5.92 Å². The molecule has 1 aliphatic heterocycles. The summed E-state index contributed by atoms with van der Waals surface area (Å²) < 4.78 is 5.15. The Kier molecular flexibility index (Phi) is 3.03. The number of ether oxygens (including phenoxy) is 1. The van der Waals surface area contributed by atoms with Crippen LogP contribution in [0.15, 0.2) is 18.2 Å². The zero-order chi connectivity index (χ0) is 11.7. The van der Waals surface area contributed by atoms with Crippen molar-refractivity contribution in [1.82, 2.24) is 10.9 Å². The second-order valence-corrected chi connectivity index (χ2v) is 4.42. The fraction of sp³-hybridized carbons (Fsp3) is 0.500. The summed E-state index contributed by atoms with van der Waals surface area (Å²) in [5.41, 5.74) is 14.3. The van der Waals surface area contributed by atoms with Crippen LogP contribution in [0.3, 0.4) is 0 Å². The van der Waals surface area contributed by atoms with Crippen LogP contribution in [0.25, 0.3) is 0 Å². The smallest absolute Gasteiger partial charge is 0.141 e. The maximum atomic E-state index is 5.91. The van der Waals surface area contributed by atoms with Crippen LogP contribution in [0.2, 0.25) is 0 Å². The van der Waals surface area contributed by atoms with E-state index < -0.39 is 0 Å². The molecule has 4 nitrogen and oxygen atoms in total. The van der Waals surface area contributed by atoms with Gasteiger partial charge < -0.3 is 10.5 Å². The molecule has 0 amide bonds. The molecule has 2 rings (SSSR count). The molecule has 0 spiro atoms. The highest BCUT2D eigenvalue weighted by molar-refractivity contribution is 5.54. The highest BCUT2D eigenvalue weighted by Gasteiger charge is 2.30. The lowest BCUT2D eigenvalue weighted by Crippen LogP contribution is -2.29. The van der Waals surface area contributed by atoms with Gasteiger partial charge >= 0.3 is 0 Å². The molecule has 0 aliphatic carbocycles. The molecule has 1 aliphatic rings. The average Bonchev–Trinajstić information content (AvgIpc) is 2.60. The van der Waals surface area contributed by atoms with Crippen LogP contribution in [-0.2, 0) is 0 Å². The van der Waals surface area contributed by atoms with E-state index in [9.17, 15) is 0 Å². The van der Waals surface area contributed by atoms with Gasteiger partial charge in [-0.25, -0.2) is 5.43 Å². The van der Waals surface area contributed by atoms with E-state index in [0.717, 1.165) is 5.75 Å². The van der Waals surface area contributed by atoms with Gasteiger partial charge in [0.25, 0.3) is 0 Å². The van der Waals surface area contributed by atoms with Gasteiger partial charge in [0.1, 0.15) is 5.75 Å². The van der Waals surface area contributed by atoms with Crippen molar-refractivity contribution in [1.29, 1.82) is 0 Å². The number of nitrogen functional groups attached to an aromatic ring is 1. The molecule has 0 bridgehead atoms. The van der Waals surface area contributed by atoms with Gasteiger partial charge in [0, 0.05) is 6.04 Å². The zero-order valence-corrected chi connectivity index (χ0v) is 9.95. The summed E-state index contributed by atoms with van der Waals surface area (Å²) in [6.45, 7) is 4.40. The van der Waals surface area contributed by atoms with E-state index in [0.29, 0.717) is 23.7 Å². The first-order chi connectivity index (χ1) is 7.63. The van der Waals surface area contributed by atoms with Crippen molar-refractivity contribution >= 4 is 5.69 Å². The van der Waals surface area contributed by atoms with Crippen molar-refractivity contribution in [3.05, 3.63) is 23.8 Å². The van der Waals surface area contributed by atoms with Crippen LogP contribution in [-0.4, -0.2) is 13.2 Å². The first kappa shape index (κ1) is 11.2. The SMILES string of the molecule is COc1ccc(C2NNC(C)C2C)cc1N. The number of hydrogen-bond acceptors (Lipinski definition) is 4. The molecule has 4 heteroatoms. The van der Waals surface area contributed by atoms with Gasteiger partial charge in [-0.1, -0.05) is 13.0 Å².